The number of amides is 1. The summed E-state index contributed by atoms with van der Waals surface area (Å²) in [5.74, 6) is -0.594. The van der Waals surface area contributed by atoms with Crippen LogP contribution >= 0.6 is 11.3 Å². The third kappa shape index (κ3) is 4.51. The van der Waals surface area contributed by atoms with E-state index >= 15 is 0 Å². The minimum absolute atomic E-state index is 0.0559. The van der Waals surface area contributed by atoms with E-state index in [1.807, 2.05) is 68.4 Å². The molecule has 1 aliphatic heterocycles. The van der Waals surface area contributed by atoms with E-state index in [9.17, 15) is 14.7 Å². The van der Waals surface area contributed by atoms with Crippen molar-refractivity contribution in [1.29, 1.82) is 0 Å². The number of aliphatic hydroxyl groups excluding tert-OH is 1. The van der Waals surface area contributed by atoms with Gasteiger partial charge in [-0.05, 0) is 49.1 Å². The van der Waals surface area contributed by atoms with Gasteiger partial charge in [-0.15, -0.1) is 0 Å². The zero-order chi connectivity index (χ0) is 26.3. The maximum absolute atomic E-state index is 13.5. The van der Waals surface area contributed by atoms with Crippen LogP contribution in [0.25, 0.3) is 16.0 Å². The third-order valence-electron chi connectivity index (χ3n) is 6.55. The van der Waals surface area contributed by atoms with Gasteiger partial charge in [-0.1, -0.05) is 79.3 Å². The number of rotatable bonds is 6. The summed E-state index contributed by atoms with van der Waals surface area (Å²) in [7, 11) is 0. The van der Waals surface area contributed by atoms with Crippen LogP contribution in [0.3, 0.4) is 0 Å². The van der Waals surface area contributed by atoms with Crippen molar-refractivity contribution in [2.75, 3.05) is 11.5 Å². The van der Waals surface area contributed by atoms with E-state index in [1.54, 1.807) is 12.1 Å². The van der Waals surface area contributed by atoms with E-state index in [0.717, 1.165) is 21.4 Å². The van der Waals surface area contributed by atoms with Gasteiger partial charge < -0.3 is 9.84 Å². The van der Waals surface area contributed by atoms with E-state index in [4.69, 9.17) is 9.72 Å². The molecule has 0 bridgehead atoms. The second kappa shape index (κ2) is 9.82. The fourth-order valence-electron chi connectivity index (χ4n) is 4.53. The lowest BCUT2D eigenvalue weighted by Gasteiger charge is -2.23. The van der Waals surface area contributed by atoms with Gasteiger partial charge in [0.1, 0.15) is 11.5 Å². The molecule has 1 atom stereocenters. The molecular weight excluding hydrogens is 484 g/mol. The number of Topliss-reactive ketones (excluding diaryl/α,β-unsaturated/α-hetero) is 1. The van der Waals surface area contributed by atoms with Crippen molar-refractivity contribution in [3.63, 3.8) is 0 Å². The lowest BCUT2D eigenvalue weighted by molar-refractivity contribution is -0.132. The number of thiazole rings is 1. The Kier molecular flexibility index (Phi) is 6.56. The molecule has 1 fully saturated rings. The number of aryl methyl sites for hydroxylation is 1. The SMILES string of the molecule is CCOc1ccc2nc(N3C(=O)C(=O)C(=C(O)c4ccc(C)cc4)[C@@H]3c3ccc(C(C)C)cc3)sc2c1. The zero-order valence-corrected chi connectivity index (χ0v) is 22.0. The summed E-state index contributed by atoms with van der Waals surface area (Å²) in [6.45, 7) is 8.62. The second-order valence-electron chi connectivity index (χ2n) is 9.42. The van der Waals surface area contributed by atoms with E-state index in [2.05, 4.69) is 13.8 Å². The van der Waals surface area contributed by atoms with Crippen LogP contribution in [0.4, 0.5) is 5.13 Å². The Bertz CT molecular complexity index is 1520. The van der Waals surface area contributed by atoms with Crippen molar-refractivity contribution in [2.24, 2.45) is 0 Å². The number of aromatic nitrogens is 1. The minimum Gasteiger partial charge on any atom is -0.507 e. The number of carbonyl (C=O) groups is 2. The molecule has 6 nitrogen and oxygen atoms in total. The highest BCUT2D eigenvalue weighted by atomic mass is 32.1. The van der Waals surface area contributed by atoms with Crippen molar-refractivity contribution >= 4 is 44.1 Å². The number of hydrogen-bond donors (Lipinski definition) is 1. The smallest absolute Gasteiger partial charge is 0.301 e. The summed E-state index contributed by atoms with van der Waals surface area (Å²) in [5, 5.41) is 11.7. The highest BCUT2D eigenvalue weighted by Gasteiger charge is 2.48. The van der Waals surface area contributed by atoms with Crippen LogP contribution in [0, 0.1) is 6.92 Å². The molecular formula is C30H28N2O4S. The Labute approximate surface area is 219 Å². The van der Waals surface area contributed by atoms with Crippen LogP contribution in [0.15, 0.2) is 72.3 Å². The van der Waals surface area contributed by atoms with Gasteiger partial charge in [0.15, 0.2) is 5.13 Å². The van der Waals surface area contributed by atoms with Gasteiger partial charge in [0, 0.05) is 5.56 Å². The number of nitrogens with zero attached hydrogens (tertiary/aromatic N) is 2. The Morgan fingerprint density at radius 3 is 2.41 bits per heavy atom. The molecule has 1 saturated heterocycles. The molecule has 1 aromatic heterocycles. The van der Waals surface area contributed by atoms with Crippen LogP contribution in [-0.2, 0) is 9.59 Å². The number of fused-ring (bicyclic) bond motifs is 1. The molecule has 5 rings (SSSR count). The number of ether oxygens (including phenoxy) is 1. The average Bonchev–Trinajstić information content (AvgIpc) is 3.42. The summed E-state index contributed by atoms with van der Waals surface area (Å²) in [5.41, 5.74) is 4.14. The Hall–Kier alpha value is -3.97. The summed E-state index contributed by atoms with van der Waals surface area (Å²) in [6.07, 6.45) is 0. The third-order valence-corrected chi connectivity index (χ3v) is 7.57. The topological polar surface area (TPSA) is 79.7 Å². The van der Waals surface area contributed by atoms with Gasteiger partial charge in [-0.3, -0.25) is 14.5 Å². The molecule has 2 heterocycles. The first-order valence-electron chi connectivity index (χ1n) is 12.3. The molecule has 1 amide bonds. The van der Waals surface area contributed by atoms with Gasteiger partial charge in [0.25, 0.3) is 5.78 Å². The van der Waals surface area contributed by atoms with Crippen molar-refractivity contribution < 1.29 is 19.4 Å². The van der Waals surface area contributed by atoms with E-state index in [-0.39, 0.29) is 11.3 Å². The Morgan fingerprint density at radius 2 is 1.76 bits per heavy atom. The van der Waals surface area contributed by atoms with E-state index in [1.165, 1.54) is 16.2 Å². The van der Waals surface area contributed by atoms with Gasteiger partial charge in [-0.2, -0.15) is 0 Å². The molecule has 0 spiro atoms. The largest absolute Gasteiger partial charge is 0.507 e. The first-order valence-corrected chi connectivity index (χ1v) is 13.1. The van der Waals surface area contributed by atoms with Crippen LogP contribution in [0.1, 0.15) is 55.0 Å². The average molecular weight is 513 g/mol. The molecule has 7 heteroatoms. The highest BCUT2D eigenvalue weighted by Crippen LogP contribution is 2.44. The monoisotopic (exact) mass is 512 g/mol. The molecule has 188 valence electrons. The predicted octanol–water partition coefficient (Wildman–Crippen LogP) is 6.75. The van der Waals surface area contributed by atoms with Gasteiger partial charge in [-0.25, -0.2) is 4.98 Å². The molecule has 0 saturated carbocycles. The molecule has 4 aromatic rings. The normalized spacial score (nSPS) is 17.2. The lowest BCUT2D eigenvalue weighted by Crippen LogP contribution is -2.29. The second-order valence-corrected chi connectivity index (χ2v) is 10.4. The molecule has 0 aliphatic carbocycles. The first kappa shape index (κ1) is 24.7. The maximum Gasteiger partial charge on any atom is 0.301 e. The van der Waals surface area contributed by atoms with E-state index < -0.39 is 17.7 Å². The molecule has 3 aromatic carbocycles. The van der Waals surface area contributed by atoms with Crippen LogP contribution in [0.5, 0.6) is 5.75 Å². The maximum atomic E-state index is 13.5. The van der Waals surface area contributed by atoms with Crippen molar-refractivity contribution in [3.8, 4) is 5.75 Å². The molecule has 0 radical (unpaired) electrons. The fourth-order valence-corrected chi connectivity index (χ4v) is 5.55. The fraction of sp³-hybridized carbons (Fsp3) is 0.233. The van der Waals surface area contributed by atoms with E-state index in [0.29, 0.717) is 34.5 Å². The van der Waals surface area contributed by atoms with Crippen molar-refractivity contribution in [2.45, 2.75) is 39.7 Å². The molecule has 0 unspecified atom stereocenters. The Morgan fingerprint density at radius 1 is 1.05 bits per heavy atom. The number of benzene rings is 3. The first-order chi connectivity index (χ1) is 17.8. The van der Waals surface area contributed by atoms with Crippen LogP contribution < -0.4 is 9.64 Å². The minimum atomic E-state index is -0.811. The van der Waals surface area contributed by atoms with Gasteiger partial charge in [0.2, 0.25) is 0 Å². The number of anilines is 1. The molecule has 1 N–H and O–H groups in total. The van der Waals surface area contributed by atoms with Crippen LogP contribution in [0.2, 0.25) is 0 Å². The Balaban J connectivity index is 1.68. The number of hydrogen-bond acceptors (Lipinski definition) is 6. The highest BCUT2D eigenvalue weighted by molar-refractivity contribution is 7.22. The van der Waals surface area contributed by atoms with Gasteiger partial charge in [0.05, 0.1) is 28.4 Å². The standard InChI is InChI=1S/C30H28N2O4S/c1-5-36-22-14-15-23-24(16-22)37-30(31-23)32-26(20-12-10-19(11-13-20)17(2)3)25(28(34)29(32)35)27(33)21-8-6-18(4)7-9-21/h6-17,26,33H,5H2,1-4H3/t26-/m0/s1. The number of carbonyl (C=O) groups excluding carboxylic acids is 2. The summed E-state index contributed by atoms with van der Waals surface area (Å²) in [6, 6.07) is 19.8. The van der Waals surface area contributed by atoms with Gasteiger partial charge >= 0.3 is 5.91 Å². The summed E-state index contributed by atoms with van der Waals surface area (Å²) in [4.78, 5) is 33.0. The van der Waals surface area contributed by atoms with Crippen LogP contribution in [-0.4, -0.2) is 28.4 Å². The lowest BCUT2D eigenvalue weighted by atomic mass is 9.93. The molecule has 1 aliphatic rings. The molecule has 37 heavy (non-hydrogen) atoms. The quantitative estimate of drug-likeness (QED) is 0.176. The predicted molar refractivity (Wildman–Crippen MR) is 147 cm³/mol. The summed E-state index contributed by atoms with van der Waals surface area (Å²) < 4.78 is 6.46. The number of aliphatic hydroxyl groups is 1. The summed E-state index contributed by atoms with van der Waals surface area (Å²) >= 11 is 1.32. The van der Waals surface area contributed by atoms with Crippen molar-refractivity contribution in [1.82, 2.24) is 4.98 Å². The number of ketones is 1. The van der Waals surface area contributed by atoms with Crippen molar-refractivity contribution in [3.05, 3.63) is 94.6 Å². The zero-order valence-electron chi connectivity index (χ0n) is 21.2.